The molecule has 0 radical (unpaired) electrons. The quantitative estimate of drug-likeness (QED) is 0.944. The second-order valence-electron chi connectivity index (χ2n) is 4.34. The first-order valence-electron chi connectivity index (χ1n) is 5.57. The predicted molar refractivity (Wildman–Crippen MR) is 72.3 cm³/mol. The lowest BCUT2D eigenvalue weighted by molar-refractivity contribution is 0.0697. The first-order chi connectivity index (χ1) is 8.47. The van der Waals surface area contributed by atoms with Crippen molar-refractivity contribution in [2.45, 2.75) is 19.8 Å². The standard InChI is InChI=1S/C13H13BrN2O2/c1-8(2)12-3-4-16(15-12)11-6-9(13(17)18)5-10(14)7-11/h3-8H,1-2H3,(H,17,18). The van der Waals surface area contributed by atoms with Gasteiger partial charge in [-0.25, -0.2) is 9.48 Å². The Bertz CT molecular complexity index is 590. The first kappa shape index (κ1) is 12.8. The Balaban J connectivity index is 2.46. The van der Waals surface area contributed by atoms with Crippen LogP contribution < -0.4 is 0 Å². The molecule has 0 saturated heterocycles. The molecular formula is C13H13BrN2O2. The van der Waals surface area contributed by atoms with E-state index in [0.717, 1.165) is 15.9 Å². The third-order valence-corrected chi connectivity index (χ3v) is 3.05. The fraction of sp³-hybridized carbons (Fsp3) is 0.231. The van der Waals surface area contributed by atoms with Crippen LogP contribution in [-0.2, 0) is 0 Å². The summed E-state index contributed by atoms with van der Waals surface area (Å²) in [6, 6.07) is 6.94. The number of carbonyl (C=O) groups is 1. The number of hydrogen-bond donors (Lipinski definition) is 1. The lowest BCUT2D eigenvalue weighted by Crippen LogP contribution is -2.01. The predicted octanol–water partition coefficient (Wildman–Crippen LogP) is 3.46. The van der Waals surface area contributed by atoms with Crippen molar-refractivity contribution in [1.82, 2.24) is 9.78 Å². The molecule has 0 amide bonds. The van der Waals surface area contributed by atoms with Crippen LogP contribution in [0.4, 0.5) is 0 Å². The fourth-order valence-electron chi connectivity index (χ4n) is 1.62. The van der Waals surface area contributed by atoms with E-state index < -0.39 is 5.97 Å². The van der Waals surface area contributed by atoms with Crippen molar-refractivity contribution in [1.29, 1.82) is 0 Å². The topological polar surface area (TPSA) is 55.1 Å². The second-order valence-corrected chi connectivity index (χ2v) is 5.26. The van der Waals surface area contributed by atoms with Crippen molar-refractivity contribution in [2.24, 2.45) is 0 Å². The number of aromatic carboxylic acids is 1. The van der Waals surface area contributed by atoms with Crippen LogP contribution in [0.2, 0.25) is 0 Å². The van der Waals surface area contributed by atoms with Crippen LogP contribution in [0.15, 0.2) is 34.9 Å². The van der Waals surface area contributed by atoms with E-state index in [0.29, 0.717) is 5.92 Å². The molecule has 1 aromatic heterocycles. The number of carboxylic acid groups (broad SMARTS) is 1. The van der Waals surface area contributed by atoms with E-state index in [9.17, 15) is 4.79 Å². The fourth-order valence-corrected chi connectivity index (χ4v) is 2.10. The first-order valence-corrected chi connectivity index (χ1v) is 6.36. The maximum atomic E-state index is 11.0. The molecule has 1 heterocycles. The molecule has 0 bridgehead atoms. The molecule has 0 fully saturated rings. The highest BCUT2D eigenvalue weighted by atomic mass is 79.9. The smallest absolute Gasteiger partial charge is 0.335 e. The molecule has 1 aromatic carbocycles. The van der Waals surface area contributed by atoms with Crippen molar-refractivity contribution >= 4 is 21.9 Å². The number of carboxylic acids is 1. The van der Waals surface area contributed by atoms with Gasteiger partial charge in [-0.05, 0) is 30.2 Å². The SMILES string of the molecule is CC(C)c1ccn(-c2cc(Br)cc(C(=O)O)c2)n1. The van der Waals surface area contributed by atoms with E-state index >= 15 is 0 Å². The summed E-state index contributed by atoms with van der Waals surface area (Å²) in [5, 5.41) is 13.4. The van der Waals surface area contributed by atoms with Gasteiger partial charge in [-0.2, -0.15) is 5.10 Å². The van der Waals surface area contributed by atoms with Gasteiger partial charge in [0.1, 0.15) is 0 Å². The maximum Gasteiger partial charge on any atom is 0.335 e. The van der Waals surface area contributed by atoms with Gasteiger partial charge in [-0.15, -0.1) is 0 Å². The minimum Gasteiger partial charge on any atom is -0.478 e. The highest BCUT2D eigenvalue weighted by Gasteiger charge is 2.09. The molecule has 1 N–H and O–H groups in total. The summed E-state index contributed by atoms with van der Waals surface area (Å²) in [5.41, 5.74) is 1.95. The third kappa shape index (κ3) is 2.61. The van der Waals surface area contributed by atoms with Gasteiger partial charge in [0, 0.05) is 10.7 Å². The highest BCUT2D eigenvalue weighted by Crippen LogP contribution is 2.20. The van der Waals surface area contributed by atoms with Gasteiger partial charge in [-0.1, -0.05) is 29.8 Å². The van der Waals surface area contributed by atoms with Gasteiger partial charge in [0.15, 0.2) is 0 Å². The van der Waals surface area contributed by atoms with Crippen molar-refractivity contribution in [3.63, 3.8) is 0 Å². The maximum absolute atomic E-state index is 11.0. The summed E-state index contributed by atoms with van der Waals surface area (Å²) >= 11 is 3.31. The zero-order valence-electron chi connectivity index (χ0n) is 10.1. The van der Waals surface area contributed by atoms with Gasteiger partial charge < -0.3 is 5.11 Å². The zero-order valence-corrected chi connectivity index (χ0v) is 11.7. The number of rotatable bonds is 3. The Labute approximate surface area is 113 Å². The van der Waals surface area contributed by atoms with Crippen LogP contribution in [0.3, 0.4) is 0 Å². The van der Waals surface area contributed by atoms with Gasteiger partial charge in [0.25, 0.3) is 0 Å². The van der Waals surface area contributed by atoms with E-state index in [1.54, 1.807) is 16.8 Å². The van der Waals surface area contributed by atoms with E-state index in [1.165, 1.54) is 0 Å². The summed E-state index contributed by atoms with van der Waals surface area (Å²) in [6.07, 6.45) is 1.84. The summed E-state index contributed by atoms with van der Waals surface area (Å²) < 4.78 is 2.41. The minimum atomic E-state index is -0.950. The molecule has 0 saturated carbocycles. The van der Waals surface area contributed by atoms with Crippen LogP contribution in [-0.4, -0.2) is 20.9 Å². The third-order valence-electron chi connectivity index (χ3n) is 2.60. The molecule has 5 heteroatoms. The van der Waals surface area contributed by atoms with Crippen LogP contribution in [0.5, 0.6) is 0 Å². The monoisotopic (exact) mass is 308 g/mol. The Morgan fingerprint density at radius 3 is 2.67 bits per heavy atom. The Kier molecular flexibility index (Phi) is 3.52. The summed E-state index contributed by atoms with van der Waals surface area (Å²) in [7, 11) is 0. The van der Waals surface area contributed by atoms with Gasteiger partial charge >= 0.3 is 5.97 Å². The summed E-state index contributed by atoms with van der Waals surface area (Å²) in [6.45, 7) is 4.13. The number of halogens is 1. The molecule has 0 atom stereocenters. The zero-order chi connectivity index (χ0) is 13.3. The van der Waals surface area contributed by atoms with Gasteiger partial charge in [0.2, 0.25) is 0 Å². The van der Waals surface area contributed by atoms with E-state index in [1.807, 2.05) is 18.3 Å². The molecule has 0 aliphatic carbocycles. The number of hydrogen-bond acceptors (Lipinski definition) is 2. The number of nitrogens with zero attached hydrogens (tertiary/aromatic N) is 2. The molecule has 0 unspecified atom stereocenters. The lowest BCUT2D eigenvalue weighted by Gasteiger charge is -2.05. The average molecular weight is 309 g/mol. The van der Waals surface area contributed by atoms with E-state index in [-0.39, 0.29) is 5.56 Å². The molecule has 0 spiro atoms. The van der Waals surface area contributed by atoms with Crippen molar-refractivity contribution < 1.29 is 9.90 Å². The van der Waals surface area contributed by atoms with Gasteiger partial charge in [0.05, 0.1) is 16.9 Å². The van der Waals surface area contributed by atoms with E-state index in [4.69, 9.17) is 5.11 Å². The van der Waals surface area contributed by atoms with Crippen LogP contribution >= 0.6 is 15.9 Å². The molecular weight excluding hydrogens is 296 g/mol. The summed E-state index contributed by atoms with van der Waals surface area (Å²) in [5.74, 6) is -0.605. The lowest BCUT2D eigenvalue weighted by atomic mass is 10.1. The number of aromatic nitrogens is 2. The highest BCUT2D eigenvalue weighted by molar-refractivity contribution is 9.10. The molecule has 0 aliphatic heterocycles. The molecule has 2 rings (SSSR count). The molecule has 4 nitrogen and oxygen atoms in total. The Morgan fingerprint density at radius 1 is 1.39 bits per heavy atom. The normalized spacial score (nSPS) is 10.9. The van der Waals surface area contributed by atoms with Crippen molar-refractivity contribution in [3.05, 3.63) is 46.2 Å². The van der Waals surface area contributed by atoms with Crippen molar-refractivity contribution in [3.8, 4) is 5.69 Å². The molecule has 18 heavy (non-hydrogen) atoms. The minimum absolute atomic E-state index is 0.237. The second kappa shape index (κ2) is 4.94. The molecule has 94 valence electrons. The van der Waals surface area contributed by atoms with Crippen LogP contribution in [0.25, 0.3) is 5.69 Å². The van der Waals surface area contributed by atoms with Gasteiger partial charge in [-0.3, -0.25) is 0 Å². The molecule has 2 aromatic rings. The van der Waals surface area contributed by atoms with Crippen molar-refractivity contribution in [2.75, 3.05) is 0 Å². The molecule has 0 aliphatic rings. The van der Waals surface area contributed by atoms with Crippen LogP contribution in [0, 0.1) is 0 Å². The van der Waals surface area contributed by atoms with E-state index in [2.05, 4.69) is 34.9 Å². The number of benzene rings is 1. The Hall–Kier alpha value is -1.62. The summed E-state index contributed by atoms with van der Waals surface area (Å²) in [4.78, 5) is 11.0. The average Bonchev–Trinajstić information content (AvgIpc) is 2.77. The van der Waals surface area contributed by atoms with Crippen LogP contribution in [0.1, 0.15) is 35.8 Å². The largest absolute Gasteiger partial charge is 0.478 e. The Morgan fingerprint density at radius 2 is 2.11 bits per heavy atom.